The Morgan fingerprint density at radius 1 is 1.11 bits per heavy atom. The van der Waals surface area contributed by atoms with E-state index in [9.17, 15) is 4.79 Å². The molecule has 8 heteroatoms. The van der Waals surface area contributed by atoms with E-state index in [2.05, 4.69) is 38.7 Å². The highest BCUT2D eigenvalue weighted by Gasteiger charge is 2.26. The number of hydrogen-bond acceptors (Lipinski definition) is 6. The van der Waals surface area contributed by atoms with E-state index in [0.717, 1.165) is 36.3 Å². The van der Waals surface area contributed by atoms with Crippen molar-refractivity contribution < 1.29 is 9.53 Å². The molecular weight excluding hydrogens is 470 g/mol. The first kappa shape index (κ1) is 24.1. The normalized spacial score (nSPS) is 15.7. The van der Waals surface area contributed by atoms with Gasteiger partial charge in [-0.1, -0.05) is 36.0 Å². The highest BCUT2D eigenvalue weighted by molar-refractivity contribution is 8.00. The van der Waals surface area contributed by atoms with Gasteiger partial charge in [0.2, 0.25) is 5.91 Å². The number of rotatable bonds is 8. The SMILES string of the molecule is CCOc1ccc(-n2c(S[C@H](C)C(=O)N[C@H]3CCCc4ccccc43)nnc2-c2ccncc2)cc1. The van der Waals surface area contributed by atoms with Crippen molar-refractivity contribution in [3.63, 3.8) is 0 Å². The van der Waals surface area contributed by atoms with E-state index >= 15 is 0 Å². The molecule has 1 amide bonds. The molecule has 2 aromatic heterocycles. The van der Waals surface area contributed by atoms with Crippen LogP contribution in [-0.4, -0.2) is 37.5 Å². The van der Waals surface area contributed by atoms with Gasteiger partial charge < -0.3 is 10.1 Å². The third-order valence-corrected chi connectivity index (χ3v) is 7.36. The van der Waals surface area contributed by atoms with E-state index in [1.807, 2.05) is 60.9 Å². The number of nitrogens with zero attached hydrogens (tertiary/aromatic N) is 4. The number of carbonyl (C=O) groups is 1. The number of carbonyl (C=O) groups excluding carboxylic acids is 1. The summed E-state index contributed by atoms with van der Waals surface area (Å²) in [4.78, 5) is 17.4. The summed E-state index contributed by atoms with van der Waals surface area (Å²) in [5.74, 6) is 1.49. The van der Waals surface area contributed by atoms with Crippen LogP contribution in [0.15, 0.2) is 78.2 Å². The summed E-state index contributed by atoms with van der Waals surface area (Å²) < 4.78 is 7.59. The van der Waals surface area contributed by atoms with E-state index in [0.29, 0.717) is 17.6 Å². The van der Waals surface area contributed by atoms with Gasteiger partial charge in [0, 0.05) is 23.6 Å². The van der Waals surface area contributed by atoms with Crippen molar-refractivity contribution >= 4 is 17.7 Å². The van der Waals surface area contributed by atoms with Gasteiger partial charge in [-0.25, -0.2) is 0 Å². The fourth-order valence-electron chi connectivity index (χ4n) is 4.53. The van der Waals surface area contributed by atoms with E-state index in [4.69, 9.17) is 4.74 Å². The molecule has 5 rings (SSSR count). The van der Waals surface area contributed by atoms with Gasteiger partial charge in [-0.3, -0.25) is 14.3 Å². The molecule has 1 aliphatic carbocycles. The van der Waals surface area contributed by atoms with Gasteiger partial charge in [0.1, 0.15) is 5.75 Å². The van der Waals surface area contributed by atoms with Gasteiger partial charge in [-0.15, -0.1) is 10.2 Å². The number of nitrogens with one attached hydrogen (secondary N) is 1. The van der Waals surface area contributed by atoms with Gasteiger partial charge in [-0.05, 0) is 80.6 Å². The molecule has 1 aliphatic rings. The summed E-state index contributed by atoms with van der Waals surface area (Å²) >= 11 is 1.40. The molecule has 0 fully saturated rings. The van der Waals surface area contributed by atoms with Crippen molar-refractivity contribution in [1.29, 1.82) is 0 Å². The van der Waals surface area contributed by atoms with Gasteiger partial charge in [-0.2, -0.15) is 0 Å². The van der Waals surface area contributed by atoms with Gasteiger partial charge >= 0.3 is 0 Å². The maximum Gasteiger partial charge on any atom is 0.233 e. The number of hydrogen-bond donors (Lipinski definition) is 1. The first-order valence-electron chi connectivity index (χ1n) is 12.3. The Kier molecular flexibility index (Phi) is 7.32. The smallest absolute Gasteiger partial charge is 0.233 e. The van der Waals surface area contributed by atoms with Crippen molar-refractivity contribution in [1.82, 2.24) is 25.1 Å². The monoisotopic (exact) mass is 499 g/mol. The number of fused-ring (bicyclic) bond motifs is 1. The maximum absolute atomic E-state index is 13.3. The second kappa shape index (κ2) is 11.0. The number of pyridine rings is 1. The molecule has 0 bridgehead atoms. The highest BCUT2D eigenvalue weighted by Crippen LogP contribution is 2.33. The van der Waals surface area contributed by atoms with Crippen molar-refractivity contribution in [2.75, 3.05) is 6.61 Å². The second-order valence-corrected chi connectivity index (χ2v) is 10.0. The van der Waals surface area contributed by atoms with Crippen molar-refractivity contribution in [2.24, 2.45) is 0 Å². The summed E-state index contributed by atoms with van der Waals surface area (Å²) in [6, 6.07) is 20.1. The molecular formula is C28H29N5O2S. The average Bonchev–Trinajstić information content (AvgIpc) is 3.33. The van der Waals surface area contributed by atoms with Crippen LogP contribution < -0.4 is 10.1 Å². The molecule has 2 heterocycles. The quantitative estimate of drug-likeness (QED) is 0.327. The Morgan fingerprint density at radius 3 is 2.67 bits per heavy atom. The Bertz CT molecular complexity index is 1320. The minimum Gasteiger partial charge on any atom is -0.494 e. The van der Waals surface area contributed by atoms with E-state index in [1.54, 1.807) is 12.4 Å². The van der Waals surface area contributed by atoms with Crippen molar-refractivity contribution in [3.8, 4) is 22.8 Å². The minimum absolute atomic E-state index is 0.00610. The fourth-order valence-corrected chi connectivity index (χ4v) is 5.41. The van der Waals surface area contributed by atoms with Crippen LogP contribution in [0.2, 0.25) is 0 Å². The summed E-state index contributed by atoms with van der Waals surface area (Å²) in [6.07, 6.45) is 6.56. The van der Waals surface area contributed by atoms with E-state index in [-0.39, 0.29) is 17.2 Å². The third kappa shape index (κ3) is 5.14. The molecule has 0 radical (unpaired) electrons. The Hall–Kier alpha value is -3.65. The minimum atomic E-state index is -0.352. The largest absolute Gasteiger partial charge is 0.494 e. The zero-order chi connectivity index (χ0) is 24.9. The van der Waals surface area contributed by atoms with Crippen LogP contribution in [-0.2, 0) is 11.2 Å². The topological polar surface area (TPSA) is 81.9 Å². The zero-order valence-corrected chi connectivity index (χ0v) is 21.2. The molecule has 1 N–H and O–H groups in total. The summed E-state index contributed by atoms with van der Waals surface area (Å²) in [7, 11) is 0. The Balaban J connectivity index is 1.40. The molecule has 36 heavy (non-hydrogen) atoms. The number of aryl methyl sites for hydroxylation is 1. The molecule has 184 valence electrons. The second-order valence-electron chi connectivity index (χ2n) is 8.72. The van der Waals surface area contributed by atoms with Crippen LogP contribution in [0, 0.1) is 0 Å². The number of thioether (sulfide) groups is 1. The summed E-state index contributed by atoms with van der Waals surface area (Å²) in [6.45, 7) is 4.48. The number of ether oxygens (including phenoxy) is 1. The first-order chi connectivity index (χ1) is 17.6. The Morgan fingerprint density at radius 2 is 1.89 bits per heavy atom. The molecule has 7 nitrogen and oxygen atoms in total. The number of amides is 1. The van der Waals surface area contributed by atoms with Crippen LogP contribution >= 0.6 is 11.8 Å². The number of benzene rings is 2. The highest BCUT2D eigenvalue weighted by atomic mass is 32.2. The standard InChI is InChI=1S/C28H29N5O2S/c1-3-35-23-13-11-22(12-14-23)33-26(21-15-17-29-18-16-21)31-32-28(33)36-19(2)27(34)30-25-10-6-8-20-7-4-5-9-24(20)25/h4-5,7,9,11-19,25H,3,6,8,10H2,1-2H3,(H,30,34)/t19-,25+/m1/s1. The molecule has 0 spiro atoms. The molecule has 0 unspecified atom stereocenters. The summed E-state index contributed by atoms with van der Waals surface area (Å²) in [5, 5.41) is 12.5. The summed E-state index contributed by atoms with van der Waals surface area (Å²) in [5.41, 5.74) is 4.35. The molecule has 0 saturated carbocycles. The third-order valence-electron chi connectivity index (χ3n) is 6.32. The predicted octanol–water partition coefficient (Wildman–Crippen LogP) is 5.40. The molecule has 0 saturated heterocycles. The van der Waals surface area contributed by atoms with Gasteiger partial charge in [0.05, 0.1) is 17.9 Å². The number of aromatic nitrogens is 4. The van der Waals surface area contributed by atoms with E-state index in [1.165, 1.54) is 22.9 Å². The lowest BCUT2D eigenvalue weighted by molar-refractivity contribution is -0.121. The van der Waals surface area contributed by atoms with Crippen molar-refractivity contribution in [2.45, 2.75) is 49.6 Å². The predicted molar refractivity (Wildman–Crippen MR) is 141 cm³/mol. The zero-order valence-electron chi connectivity index (χ0n) is 20.4. The first-order valence-corrected chi connectivity index (χ1v) is 13.2. The average molecular weight is 500 g/mol. The van der Waals surface area contributed by atoms with Crippen molar-refractivity contribution in [3.05, 3.63) is 84.2 Å². The molecule has 2 aromatic carbocycles. The lowest BCUT2D eigenvalue weighted by atomic mass is 9.88. The molecule has 2 atom stereocenters. The van der Waals surface area contributed by atoms with Crippen LogP contribution in [0.5, 0.6) is 5.75 Å². The van der Waals surface area contributed by atoms with Crippen LogP contribution in [0.4, 0.5) is 0 Å². The lowest BCUT2D eigenvalue weighted by Crippen LogP contribution is -2.36. The van der Waals surface area contributed by atoms with Crippen LogP contribution in [0.1, 0.15) is 43.9 Å². The van der Waals surface area contributed by atoms with E-state index < -0.39 is 0 Å². The van der Waals surface area contributed by atoms with Crippen LogP contribution in [0.25, 0.3) is 17.1 Å². The maximum atomic E-state index is 13.3. The van der Waals surface area contributed by atoms with Gasteiger partial charge in [0.15, 0.2) is 11.0 Å². The molecule has 4 aromatic rings. The lowest BCUT2D eigenvalue weighted by Gasteiger charge is -2.27. The molecule has 0 aliphatic heterocycles. The van der Waals surface area contributed by atoms with Gasteiger partial charge in [0.25, 0.3) is 0 Å². The fraction of sp³-hybridized carbons (Fsp3) is 0.286. The van der Waals surface area contributed by atoms with Crippen LogP contribution in [0.3, 0.4) is 0 Å². The Labute approximate surface area is 215 Å².